The van der Waals surface area contributed by atoms with E-state index >= 15 is 0 Å². The molecule has 0 aromatic heterocycles. The summed E-state index contributed by atoms with van der Waals surface area (Å²) in [6.45, 7) is 11.7. The van der Waals surface area contributed by atoms with Gasteiger partial charge in [-0.15, -0.1) is 0 Å². The third-order valence-corrected chi connectivity index (χ3v) is 6.02. The molecule has 2 fully saturated rings. The SMILES string of the molecule is CCNC(=NCc1ccc(COC)cc1)N1CCN(C(C)C(=O)N2CCCC2)CC1. The molecule has 0 radical (unpaired) electrons. The van der Waals surface area contributed by atoms with Gasteiger partial charge < -0.3 is 19.9 Å². The van der Waals surface area contributed by atoms with Gasteiger partial charge in [0, 0.05) is 52.9 Å². The second-order valence-corrected chi connectivity index (χ2v) is 8.15. The minimum atomic E-state index is -0.0320. The fourth-order valence-corrected chi connectivity index (χ4v) is 4.18. The topological polar surface area (TPSA) is 60.4 Å². The second kappa shape index (κ2) is 11.3. The van der Waals surface area contributed by atoms with Gasteiger partial charge in [0.15, 0.2) is 5.96 Å². The summed E-state index contributed by atoms with van der Waals surface area (Å²) in [6, 6.07) is 8.39. The Labute approximate surface area is 181 Å². The zero-order valence-corrected chi connectivity index (χ0v) is 18.8. The maximum absolute atomic E-state index is 12.7. The molecule has 166 valence electrons. The molecule has 1 N–H and O–H groups in total. The van der Waals surface area contributed by atoms with Crippen LogP contribution in [0.15, 0.2) is 29.3 Å². The fourth-order valence-electron chi connectivity index (χ4n) is 4.18. The Balaban J connectivity index is 1.54. The van der Waals surface area contributed by atoms with E-state index in [9.17, 15) is 4.79 Å². The number of likely N-dealkylation sites (tertiary alicyclic amines) is 1. The quantitative estimate of drug-likeness (QED) is 0.545. The molecule has 7 nitrogen and oxygen atoms in total. The molecule has 0 saturated carbocycles. The van der Waals surface area contributed by atoms with Crippen molar-refractivity contribution in [3.8, 4) is 0 Å². The van der Waals surface area contributed by atoms with Crippen LogP contribution in [0.5, 0.6) is 0 Å². The van der Waals surface area contributed by atoms with Gasteiger partial charge in [-0.05, 0) is 37.8 Å². The van der Waals surface area contributed by atoms with Gasteiger partial charge in [-0.3, -0.25) is 9.69 Å². The summed E-state index contributed by atoms with van der Waals surface area (Å²) in [7, 11) is 1.71. The molecule has 0 spiro atoms. The predicted octanol–water partition coefficient (Wildman–Crippen LogP) is 1.93. The van der Waals surface area contributed by atoms with Crippen molar-refractivity contribution in [3.63, 3.8) is 0 Å². The van der Waals surface area contributed by atoms with Gasteiger partial charge in [-0.25, -0.2) is 4.99 Å². The van der Waals surface area contributed by atoms with Crippen LogP contribution in [0.25, 0.3) is 0 Å². The minimum Gasteiger partial charge on any atom is -0.380 e. The van der Waals surface area contributed by atoms with Gasteiger partial charge in [-0.2, -0.15) is 0 Å². The van der Waals surface area contributed by atoms with E-state index in [1.165, 1.54) is 11.1 Å². The van der Waals surface area contributed by atoms with E-state index < -0.39 is 0 Å². The molecule has 0 aliphatic carbocycles. The van der Waals surface area contributed by atoms with Gasteiger partial charge >= 0.3 is 0 Å². The van der Waals surface area contributed by atoms with Crippen molar-refractivity contribution >= 4 is 11.9 Å². The molecule has 1 atom stereocenters. The first-order valence-corrected chi connectivity index (χ1v) is 11.2. The first kappa shape index (κ1) is 22.6. The average molecular weight is 416 g/mol. The summed E-state index contributed by atoms with van der Waals surface area (Å²) in [6.07, 6.45) is 2.29. The van der Waals surface area contributed by atoms with E-state index in [1.807, 2.05) is 4.90 Å². The number of ether oxygens (including phenoxy) is 1. The number of benzene rings is 1. The van der Waals surface area contributed by atoms with E-state index in [0.29, 0.717) is 19.1 Å². The summed E-state index contributed by atoms with van der Waals surface area (Å²) >= 11 is 0. The largest absolute Gasteiger partial charge is 0.380 e. The van der Waals surface area contributed by atoms with Gasteiger partial charge in [0.25, 0.3) is 0 Å². The van der Waals surface area contributed by atoms with Gasteiger partial charge in [0.2, 0.25) is 5.91 Å². The predicted molar refractivity (Wildman–Crippen MR) is 120 cm³/mol. The van der Waals surface area contributed by atoms with Crippen LogP contribution in [0.2, 0.25) is 0 Å². The number of guanidine groups is 1. The molecular weight excluding hydrogens is 378 g/mol. The number of nitrogens with zero attached hydrogens (tertiary/aromatic N) is 4. The molecule has 7 heteroatoms. The maximum Gasteiger partial charge on any atom is 0.239 e. The summed E-state index contributed by atoms with van der Waals surface area (Å²) in [5, 5.41) is 3.43. The molecule has 0 bridgehead atoms. The number of methoxy groups -OCH3 is 1. The number of nitrogens with one attached hydrogen (secondary N) is 1. The fraction of sp³-hybridized carbons (Fsp3) is 0.652. The van der Waals surface area contributed by atoms with Crippen molar-refractivity contribution in [1.82, 2.24) is 20.0 Å². The number of amides is 1. The van der Waals surface area contributed by atoms with Crippen LogP contribution in [0, 0.1) is 0 Å². The van der Waals surface area contributed by atoms with Crippen LogP contribution in [-0.2, 0) is 22.7 Å². The lowest BCUT2D eigenvalue weighted by Crippen LogP contribution is -2.57. The molecule has 2 aliphatic heterocycles. The minimum absolute atomic E-state index is 0.0320. The number of piperazine rings is 1. The zero-order chi connectivity index (χ0) is 21.3. The number of hydrogen-bond acceptors (Lipinski definition) is 4. The highest BCUT2D eigenvalue weighted by molar-refractivity contribution is 5.82. The lowest BCUT2D eigenvalue weighted by Gasteiger charge is -2.39. The molecule has 30 heavy (non-hydrogen) atoms. The molecule has 1 amide bonds. The first-order valence-electron chi connectivity index (χ1n) is 11.2. The van der Waals surface area contributed by atoms with Crippen LogP contribution in [-0.4, -0.2) is 85.5 Å². The normalized spacial score (nSPS) is 19.2. The summed E-state index contributed by atoms with van der Waals surface area (Å²) in [5.41, 5.74) is 2.36. The number of carbonyl (C=O) groups excluding carboxylic acids is 1. The molecule has 2 saturated heterocycles. The summed E-state index contributed by atoms with van der Waals surface area (Å²) < 4.78 is 5.17. The number of aliphatic imine (C=N–C) groups is 1. The Morgan fingerprint density at radius 3 is 2.27 bits per heavy atom. The Bertz CT molecular complexity index is 692. The Morgan fingerprint density at radius 1 is 1.03 bits per heavy atom. The van der Waals surface area contributed by atoms with E-state index in [0.717, 1.165) is 64.6 Å². The van der Waals surface area contributed by atoms with Crippen LogP contribution in [0.1, 0.15) is 37.8 Å². The molecule has 3 rings (SSSR count). The van der Waals surface area contributed by atoms with Crippen molar-refractivity contribution in [2.45, 2.75) is 45.9 Å². The van der Waals surface area contributed by atoms with Gasteiger partial charge in [0.05, 0.1) is 19.2 Å². The standard InChI is InChI=1S/C23H37N5O2/c1-4-24-23(25-17-20-7-9-21(10-8-20)18-30-3)28-15-13-26(14-16-28)19(2)22(29)27-11-5-6-12-27/h7-10,19H,4-6,11-18H2,1-3H3,(H,24,25). The lowest BCUT2D eigenvalue weighted by atomic mass is 10.1. The van der Waals surface area contributed by atoms with Gasteiger partial charge in [0.1, 0.15) is 0 Å². The molecule has 1 aromatic rings. The van der Waals surface area contributed by atoms with Gasteiger partial charge in [-0.1, -0.05) is 24.3 Å². The second-order valence-electron chi connectivity index (χ2n) is 8.15. The van der Waals surface area contributed by atoms with E-state index in [1.54, 1.807) is 7.11 Å². The van der Waals surface area contributed by atoms with Crippen LogP contribution in [0.3, 0.4) is 0 Å². The number of rotatable bonds is 7. The van der Waals surface area contributed by atoms with Crippen LogP contribution < -0.4 is 5.32 Å². The van der Waals surface area contributed by atoms with E-state index in [2.05, 4.69) is 53.2 Å². The molecule has 1 unspecified atom stereocenters. The van der Waals surface area contributed by atoms with E-state index in [4.69, 9.17) is 9.73 Å². The third-order valence-electron chi connectivity index (χ3n) is 6.02. The van der Waals surface area contributed by atoms with Crippen molar-refractivity contribution in [2.75, 3.05) is 52.9 Å². The monoisotopic (exact) mass is 415 g/mol. The average Bonchev–Trinajstić information content (AvgIpc) is 3.32. The maximum atomic E-state index is 12.7. The highest BCUT2D eigenvalue weighted by atomic mass is 16.5. The number of hydrogen-bond donors (Lipinski definition) is 1. The Morgan fingerprint density at radius 2 is 1.67 bits per heavy atom. The van der Waals surface area contributed by atoms with E-state index in [-0.39, 0.29) is 6.04 Å². The van der Waals surface area contributed by atoms with Crippen LogP contribution >= 0.6 is 0 Å². The number of carbonyl (C=O) groups is 1. The molecule has 2 aliphatic rings. The lowest BCUT2D eigenvalue weighted by molar-refractivity contribution is -0.135. The Kier molecular flexibility index (Phi) is 8.51. The van der Waals surface area contributed by atoms with Crippen molar-refractivity contribution in [3.05, 3.63) is 35.4 Å². The summed E-state index contributed by atoms with van der Waals surface area (Å²) in [5.74, 6) is 1.25. The third kappa shape index (κ3) is 5.95. The van der Waals surface area contributed by atoms with Crippen molar-refractivity contribution in [1.29, 1.82) is 0 Å². The van der Waals surface area contributed by atoms with Crippen molar-refractivity contribution < 1.29 is 9.53 Å². The molecule has 1 aromatic carbocycles. The first-order chi connectivity index (χ1) is 14.6. The molecular formula is C23H37N5O2. The Hall–Kier alpha value is -2.12. The van der Waals surface area contributed by atoms with Crippen LogP contribution in [0.4, 0.5) is 0 Å². The highest BCUT2D eigenvalue weighted by Gasteiger charge is 2.30. The smallest absolute Gasteiger partial charge is 0.239 e. The van der Waals surface area contributed by atoms with Crippen molar-refractivity contribution in [2.24, 2.45) is 4.99 Å². The summed E-state index contributed by atoms with van der Waals surface area (Å²) in [4.78, 5) is 24.2. The molecule has 2 heterocycles. The highest BCUT2D eigenvalue weighted by Crippen LogP contribution is 2.14. The zero-order valence-electron chi connectivity index (χ0n) is 18.8.